The van der Waals surface area contributed by atoms with Gasteiger partial charge in [-0.15, -0.1) is 0 Å². The maximum absolute atomic E-state index is 11.8. The van der Waals surface area contributed by atoms with Crippen molar-refractivity contribution < 1.29 is 14.3 Å². The minimum atomic E-state index is -0.459. The number of hydrogen-bond donors (Lipinski definition) is 0. The first-order valence-corrected chi connectivity index (χ1v) is 6.22. The molecule has 0 rings (SSSR count). The van der Waals surface area contributed by atoms with Crippen LogP contribution in [0.1, 0.15) is 27.2 Å². The molecule has 5 nitrogen and oxygen atoms in total. The molecule has 0 aromatic heterocycles. The van der Waals surface area contributed by atoms with Crippen LogP contribution in [0.15, 0.2) is 0 Å². The lowest BCUT2D eigenvalue weighted by Crippen LogP contribution is -2.41. The SMILES string of the molecule is CCOC(=O)CC(=O)N(C)CC(C)(C)CN(C)C. The van der Waals surface area contributed by atoms with Crippen LogP contribution in [0.4, 0.5) is 0 Å². The summed E-state index contributed by atoms with van der Waals surface area (Å²) < 4.78 is 4.76. The van der Waals surface area contributed by atoms with Gasteiger partial charge in [0.05, 0.1) is 6.61 Å². The molecule has 0 bridgehead atoms. The zero-order valence-corrected chi connectivity index (χ0v) is 12.4. The summed E-state index contributed by atoms with van der Waals surface area (Å²) in [5.74, 6) is -0.653. The van der Waals surface area contributed by atoms with E-state index in [1.807, 2.05) is 14.1 Å². The van der Waals surface area contributed by atoms with Gasteiger partial charge in [0, 0.05) is 20.1 Å². The van der Waals surface area contributed by atoms with Crippen molar-refractivity contribution in [3.63, 3.8) is 0 Å². The minimum absolute atomic E-state index is 0.0113. The first-order valence-electron chi connectivity index (χ1n) is 6.22. The fourth-order valence-corrected chi connectivity index (χ4v) is 2.11. The highest BCUT2D eigenvalue weighted by Gasteiger charge is 2.24. The second kappa shape index (κ2) is 7.36. The first-order chi connectivity index (χ1) is 8.18. The average Bonchev–Trinajstić information content (AvgIpc) is 2.14. The molecule has 106 valence electrons. The Kier molecular flexibility index (Phi) is 6.91. The fourth-order valence-electron chi connectivity index (χ4n) is 2.11. The molecule has 0 atom stereocenters. The van der Waals surface area contributed by atoms with E-state index in [-0.39, 0.29) is 17.7 Å². The Balaban J connectivity index is 4.26. The van der Waals surface area contributed by atoms with E-state index in [1.165, 1.54) is 0 Å². The molecule has 0 aliphatic heterocycles. The third kappa shape index (κ3) is 7.27. The number of carbonyl (C=O) groups excluding carboxylic acids is 2. The molecule has 0 aromatic carbocycles. The zero-order chi connectivity index (χ0) is 14.3. The largest absolute Gasteiger partial charge is 0.466 e. The molecule has 0 unspecified atom stereocenters. The first kappa shape index (κ1) is 16.9. The molecular weight excluding hydrogens is 232 g/mol. The van der Waals surface area contributed by atoms with Crippen LogP contribution in [0.25, 0.3) is 0 Å². The lowest BCUT2D eigenvalue weighted by Gasteiger charge is -2.32. The van der Waals surface area contributed by atoms with Crippen LogP contribution in [-0.4, -0.2) is 62.5 Å². The second-order valence-corrected chi connectivity index (χ2v) is 5.63. The zero-order valence-electron chi connectivity index (χ0n) is 12.4. The van der Waals surface area contributed by atoms with Gasteiger partial charge in [0.2, 0.25) is 5.91 Å². The van der Waals surface area contributed by atoms with Crippen LogP contribution in [0.2, 0.25) is 0 Å². The Morgan fingerprint density at radius 1 is 1.11 bits per heavy atom. The van der Waals surface area contributed by atoms with Crippen molar-refractivity contribution in [3.8, 4) is 0 Å². The van der Waals surface area contributed by atoms with Gasteiger partial charge < -0.3 is 14.5 Å². The van der Waals surface area contributed by atoms with Crippen molar-refractivity contribution in [2.24, 2.45) is 5.41 Å². The topological polar surface area (TPSA) is 49.9 Å². The van der Waals surface area contributed by atoms with Gasteiger partial charge in [0.15, 0.2) is 0 Å². The van der Waals surface area contributed by atoms with Crippen molar-refractivity contribution in [2.45, 2.75) is 27.2 Å². The fraction of sp³-hybridized carbons (Fsp3) is 0.846. The van der Waals surface area contributed by atoms with Crippen molar-refractivity contribution in [1.82, 2.24) is 9.80 Å². The predicted octanol–water partition coefficient (Wildman–Crippen LogP) is 0.986. The van der Waals surface area contributed by atoms with Gasteiger partial charge in [-0.05, 0) is 26.4 Å². The van der Waals surface area contributed by atoms with Gasteiger partial charge in [0.1, 0.15) is 6.42 Å². The summed E-state index contributed by atoms with van der Waals surface area (Å²) in [7, 11) is 5.73. The number of esters is 1. The molecule has 18 heavy (non-hydrogen) atoms. The van der Waals surface area contributed by atoms with E-state index in [1.54, 1.807) is 18.9 Å². The molecule has 0 saturated heterocycles. The highest BCUT2D eigenvalue weighted by molar-refractivity contribution is 5.94. The molecule has 5 heteroatoms. The summed E-state index contributed by atoms with van der Waals surface area (Å²) in [6.45, 7) is 7.73. The average molecular weight is 258 g/mol. The summed E-state index contributed by atoms with van der Waals surface area (Å²) in [6.07, 6.45) is -0.178. The highest BCUT2D eigenvalue weighted by atomic mass is 16.5. The number of amides is 1. The molecule has 0 saturated carbocycles. The molecule has 0 fully saturated rings. The molecule has 0 spiro atoms. The van der Waals surface area contributed by atoms with Crippen LogP contribution < -0.4 is 0 Å². The lowest BCUT2D eigenvalue weighted by atomic mass is 9.92. The predicted molar refractivity (Wildman–Crippen MR) is 71.2 cm³/mol. The molecule has 1 amide bonds. The van der Waals surface area contributed by atoms with E-state index in [9.17, 15) is 9.59 Å². The normalized spacial score (nSPS) is 11.5. The number of ether oxygens (including phenoxy) is 1. The van der Waals surface area contributed by atoms with Gasteiger partial charge in [-0.25, -0.2) is 0 Å². The monoisotopic (exact) mass is 258 g/mol. The van der Waals surface area contributed by atoms with Gasteiger partial charge in [0.25, 0.3) is 0 Å². The van der Waals surface area contributed by atoms with E-state index in [0.717, 1.165) is 6.54 Å². The third-order valence-corrected chi connectivity index (χ3v) is 2.44. The van der Waals surface area contributed by atoms with Crippen LogP contribution in [0, 0.1) is 5.41 Å². The standard InChI is InChI=1S/C13H26N2O3/c1-7-18-12(17)8-11(16)15(6)10-13(2,3)9-14(4)5/h7-10H2,1-6H3. The molecule has 0 heterocycles. The van der Waals surface area contributed by atoms with E-state index in [0.29, 0.717) is 13.2 Å². The summed E-state index contributed by atoms with van der Waals surface area (Å²) in [6, 6.07) is 0. The highest BCUT2D eigenvalue weighted by Crippen LogP contribution is 2.17. The Morgan fingerprint density at radius 3 is 2.11 bits per heavy atom. The van der Waals surface area contributed by atoms with Crippen LogP contribution in [0.3, 0.4) is 0 Å². The van der Waals surface area contributed by atoms with Gasteiger partial charge in [-0.3, -0.25) is 9.59 Å². The number of nitrogens with zero attached hydrogens (tertiary/aromatic N) is 2. The number of rotatable bonds is 7. The van der Waals surface area contributed by atoms with Crippen LogP contribution in [-0.2, 0) is 14.3 Å². The molecule has 0 aromatic rings. The number of hydrogen-bond acceptors (Lipinski definition) is 4. The summed E-state index contributed by atoms with van der Waals surface area (Å²) in [5.41, 5.74) is -0.0113. The lowest BCUT2D eigenvalue weighted by molar-refractivity contribution is -0.148. The Hall–Kier alpha value is -1.10. The minimum Gasteiger partial charge on any atom is -0.466 e. The molecule has 0 aliphatic rings. The van der Waals surface area contributed by atoms with Crippen molar-refractivity contribution in [2.75, 3.05) is 40.8 Å². The summed E-state index contributed by atoms with van der Waals surface area (Å²) in [5, 5.41) is 0. The second-order valence-electron chi connectivity index (χ2n) is 5.63. The smallest absolute Gasteiger partial charge is 0.315 e. The van der Waals surface area contributed by atoms with Crippen molar-refractivity contribution in [3.05, 3.63) is 0 Å². The van der Waals surface area contributed by atoms with Crippen LogP contribution >= 0.6 is 0 Å². The van der Waals surface area contributed by atoms with E-state index >= 15 is 0 Å². The third-order valence-electron chi connectivity index (χ3n) is 2.44. The number of carbonyl (C=O) groups is 2. The van der Waals surface area contributed by atoms with E-state index in [2.05, 4.69) is 18.7 Å². The molecular formula is C13H26N2O3. The van der Waals surface area contributed by atoms with Gasteiger partial charge in [-0.1, -0.05) is 13.8 Å². The maximum atomic E-state index is 11.8. The molecule has 0 N–H and O–H groups in total. The van der Waals surface area contributed by atoms with E-state index < -0.39 is 5.97 Å². The summed E-state index contributed by atoms with van der Waals surface area (Å²) >= 11 is 0. The maximum Gasteiger partial charge on any atom is 0.315 e. The summed E-state index contributed by atoms with van der Waals surface area (Å²) in [4.78, 5) is 26.7. The quantitative estimate of drug-likeness (QED) is 0.505. The Bertz CT molecular complexity index is 288. The molecule has 0 radical (unpaired) electrons. The van der Waals surface area contributed by atoms with Crippen molar-refractivity contribution in [1.29, 1.82) is 0 Å². The van der Waals surface area contributed by atoms with Gasteiger partial charge in [-0.2, -0.15) is 0 Å². The van der Waals surface area contributed by atoms with Crippen molar-refractivity contribution >= 4 is 11.9 Å². The van der Waals surface area contributed by atoms with E-state index in [4.69, 9.17) is 4.74 Å². The Morgan fingerprint density at radius 2 is 1.67 bits per heavy atom. The van der Waals surface area contributed by atoms with Gasteiger partial charge >= 0.3 is 5.97 Å². The Labute approximate surface area is 110 Å². The molecule has 0 aliphatic carbocycles. The van der Waals surface area contributed by atoms with Crippen LogP contribution in [0.5, 0.6) is 0 Å².